The molecular formula is C16H20N2O5. The molecule has 0 unspecified atom stereocenters. The first-order valence-corrected chi connectivity index (χ1v) is 7.47. The third-order valence-electron chi connectivity index (χ3n) is 3.71. The highest BCUT2D eigenvalue weighted by molar-refractivity contribution is 6.31. The smallest absolute Gasteiger partial charge is 0.394 e. The van der Waals surface area contributed by atoms with Crippen LogP contribution in [0.1, 0.15) is 12.0 Å². The molecule has 0 radical (unpaired) electrons. The third-order valence-corrected chi connectivity index (χ3v) is 3.71. The Morgan fingerprint density at radius 1 is 1.04 bits per heavy atom. The molecule has 2 amide bonds. The highest BCUT2D eigenvalue weighted by atomic mass is 16.5. The van der Waals surface area contributed by atoms with Gasteiger partial charge < -0.3 is 19.6 Å². The van der Waals surface area contributed by atoms with Crippen LogP contribution in [0.4, 0.5) is 0 Å². The number of hydrogen-bond donors (Lipinski definition) is 1. The van der Waals surface area contributed by atoms with Crippen LogP contribution in [0.25, 0.3) is 0 Å². The molecule has 1 aliphatic rings. The molecule has 0 aromatic heterocycles. The van der Waals surface area contributed by atoms with Crippen LogP contribution in [0.3, 0.4) is 0 Å². The zero-order chi connectivity index (χ0) is 16.8. The van der Waals surface area contributed by atoms with E-state index in [0.29, 0.717) is 13.1 Å². The molecule has 2 rings (SSSR count). The van der Waals surface area contributed by atoms with Crippen molar-refractivity contribution in [1.82, 2.24) is 9.80 Å². The first-order chi connectivity index (χ1) is 11.0. The van der Waals surface area contributed by atoms with Crippen LogP contribution < -0.4 is 4.74 Å². The van der Waals surface area contributed by atoms with E-state index >= 15 is 0 Å². The maximum atomic E-state index is 12.1. The van der Waals surface area contributed by atoms with Gasteiger partial charge in [0.05, 0.1) is 13.0 Å². The molecule has 0 spiro atoms. The number of aliphatic carboxylic acids is 1. The van der Waals surface area contributed by atoms with Gasteiger partial charge in [0.1, 0.15) is 5.75 Å². The van der Waals surface area contributed by atoms with Gasteiger partial charge in [0.15, 0.2) is 0 Å². The Balaban J connectivity index is 1.72. The molecule has 1 aromatic rings. The molecule has 0 saturated carbocycles. The SMILES string of the molecule is Cc1ccc(OCCC(=O)N2CCN(C(=O)C(=O)O)CC2)cc1. The maximum Gasteiger partial charge on any atom is 0.394 e. The van der Waals surface area contributed by atoms with E-state index in [-0.39, 0.29) is 32.0 Å². The van der Waals surface area contributed by atoms with E-state index in [1.165, 1.54) is 4.90 Å². The summed E-state index contributed by atoms with van der Waals surface area (Å²) in [6.07, 6.45) is 0.251. The number of benzene rings is 1. The van der Waals surface area contributed by atoms with Crippen molar-refractivity contribution >= 4 is 17.8 Å². The molecule has 0 aliphatic carbocycles. The molecular weight excluding hydrogens is 300 g/mol. The second-order valence-corrected chi connectivity index (χ2v) is 5.39. The van der Waals surface area contributed by atoms with E-state index in [4.69, 9.17) is 9.84 Å². The van der Waals surface area contributed by atoms with Gasteiger partial charge in [0.25, 0.3) is 0 Å². The van der Waals surface area contributed by atoms with Crippen LogP contribution in [-0.2, 0) is 14.4 Å². The molecule has 1 saturated heterocycles. The van der Waals surface area contributed by atoms with Gasteiger partial charge in [-0.1, -0.05) is 17.7 Å². The maximum absolute atomic E-state index is 12.1. The lowest BCUT2D eigenvalue weighted by Gasteiger charge is -2.33. The first-order valence-electron chi connectivity index (χ1n) is 7.47. The van der Waals surface area contributed by atoms with Crippen LogP contribution >= 0.6 is 0 Å². The van der Waals surface area contributed by atoms with E-state index in [2.05, 4.69) is 0 Å². The average Bonchev–Trinajstić information content (AvgIpc) is 2.56. The first kappa shape index (κ1) is 16.8. The quantitative estimate of drug-likeness (QED) is 0.817. The minimum atomic E-state index is -1.46. The van der Waals surface area contributed by atoms with Gasteiger partial charge in [-0.3, -0.25) is 9.59 Å². The summed E-state index contributed by atoms with van der Waals surface area (Å²) in [5.41, 5.74) is 1.14. The molecule has 7 heteroatoms. The van der Waals surface area contributed by atoms with Gasteiger partial charge >= 0.3 is 11.9 Å². The van der Waals surface area contributed by atoms with Crippen molar-refractivity contribution in [2.45, 2.75) is 13.3 Å². The lowest BCUT2D eigenvalue weighted by atomic mass is 10.2. The Kier molecular flexibility index (Phi) is 5.56. The van der Waals surface area contributed by atoms with Crippen LogP contribution in [-0.4, -0.2) is 65.5 Å². The molecule has 7 nitrogen and oxygen atoms in total. The molecule has 1 fully saturated rings. The normalized spacial score (nSPS) is 14.5. The summed E-state index contributed by atoms with van der Waals surface area (Å²) < 4.78 is 5.52. The molecule has 1 heterocycles. The number of carboxylic acid groups (broad SMARTS) is 1. The van der Waals surface area contributed by atoms with E-state index in [1.54, 1.807) is 4.90 Å². The Labute approximate surface area is 134 Å². The van der Waals surface area contributed by atoms with E-state index in [1.807, 2.05) is 31.2 Å². The summed E-state index contributed by atoms with van der Waals surface area (Å²) in [6.45, 7) is 3.47. The number of aryl methyl sites for hydroxylation is 1. The zero-order valence-electron chi connectivity index (χ0n) is 13.0. The summed E-state index contributed by atoms with van der Waals surface area (Å²) >= 11 is 0. The summed E-state index contributed by atoms with van der Waals surface area (Å²) in [5.74, 6) is -1.71. The highest BCUT2D eigenvalue weighted by Crippen LogP contribution is 2.12. The summed E-state index contributed by atoms with van der Waals surface area (Å²) in [5, 5.41) is 8.66. The molecule has 124 valence electrons. The number of carbonyl (C=O) groups is 3. The van der Waals surface area contributed by atoms with Gasteiger partial charge in [-0.15, -0.1) is 0 Å². The Morgan fingerprint density at radius 3 is 2.17 bits per heavy atom. The Bertz CT molecular complexity index is 577. The highest BCUT2D eigenvalue weighted by Gasteiger charge is 2.27. The van der Waals surface area contributed by atoms with Crippen molar-refractivity contribution in [3.05, 3.63) is 29.8 Å². The molecule has 1 aromatic carbocycles. The van der Waals surface area contributed by atoms with Crippen molar-refractivity contribution in [2.75, 3.05) is 32.8 Å². The monoisotopic (exact) mass is 320 g/mol. The molecule has 1 N–H and O–H groups in total. The Morgan fingerprint density at radius 2 is 1.61 bits per heavy atom. The minimum Gasteiger partial charge on any atom is -0.493 e. The van der Waals surface area contributed by atoms with Crippen molar-refractivity contribution in [1.29, 1.82) is 0 Å². The van der Waals surface area contributed by atoms with Gasteiger partial charge in [-0.05, 0) is 19.1 Å². The van der Waals surface area contributed by atoms with Gasteiger partial charge in [0.2, 0.25) is 5.91 Å². The van der Waals surface area contributed by atoms with Crippen molar-refractivity contribution in [3.63, 3.8) is 0 Å². The van der Waals surface area contributed by atoms with E-state index in [9.17, 15) is 14.4 Å². The fourth-order valence-electron chi connectivity index (χ4n) is 2.34. The van der Waals surface area contributed by atoms with Gasteiger partial charge in [-0.2, -0.15) is 0 Å². The van der Waals surface area contributed by atoms with E-state index in [0.717, 1.165) is 11.3 Å². The summed E-state index contributed by atoms with van der Waals surface area (Å²) in [4.78, 5) is 36.9. The van der Waals surface area contributed by atoms with Crippen molar-refractivity contribution < 1.29 is 24.2 Å². The average molecular weight is 320 g/mol. The summed E-state index contributed by atoms with van der Waals surface area (Å²) in [6, 6.07) is 7.60. The number of carboxylic acids is 1. The number of carbonyl (C=O) groups excluding carboxylic acids is 2. The minimum absolute atomic E-state index is 0.0560. The fourth-order valence-corrected chi connectivity index (χ4v) is 2.34. The number of hydrogen-bond acceptors (Lipinski definition) is 4. The van der Waals surface area contributed by atoms with Crippen LogP contribution in [0.15, 0.2) is 24.3 Å². The lowest BCUT2D eigenvalue weighted by Crippen LogP contribution is -2.52. The second-order valence-electron chi connectivity index (χ2n) is 5.39. The number of piperazine rings is 1. The zero-order valence-corrected chi connectivity index (χ0v) is 13.0. The van der Waals surface area contributed by atoms with Gasteiger partial charge in [0, 0.05) is 26.2 Å². The number of rotatable bonds is 4. The predicted molar refractivity (Wildman–Crippen MR) is 82.1 cm³/mol. The van der Waals surface area contributed by atoms with Crippen LogP contribution in [0.2, 0.25) is 0 Å². The molecule has 1 aliphatic heterocycles. The van der Waals surface area contributed by atoms with Crippen molar-refractivity contribution in [2.24, 2.45) is 0 Å². The van der Waals surface area contributed by atoms with Crippen LogP contribution in [0.5, 0.6) is 5.75 Å². The second kappa shape index (κ2) is 7.62. The van der Waals surface area contributed by atoms with Crippen molar-refractivity contribution in [3.8, 4) is 5.75 Å². The number of amides is 2. The summed E-state index contributed by atoms with van der Waals surface area (Å²) in [7, 11) is 0. The van der Waals surface area contributed by atoms with E-state index < -0.39 is 11.9 Å². The van der Waals surface area contributed by atoms with Crippen LogP contribution in [0, 0.1) is 6.92 Å². The number of nitrogens with zero attached hydrogens (tertiary/aromatic N) is 2. The molecule has 0 bridgehead atoms. The number of ether oxygens (including phenoxy) is 1. The topological polar surface area (TPSA) is 87.2 Å². The molecule has 23 heavy (non-hydrogen) atoms. The lowest BCUT2D eigenvalue weighted by molar-refractivity contribution is -0.157. The third kappa shape index (κ3) is 4.70. The van der Waals surface area contributed by atoms with Gasteiger partial charge in [-0.25, -0.2) is 4.79 Å². The fraction of sp³-hybridized carbons (Fsp3) is 0.438. The Hall–Kier alpha value is -2.57. The predicted octanol–water partition coefficient (Wildman–Crippen LogP) is 0.519. The standard InChI is InChI=1S/C16H20N2O5/c1-12-2-4-13(5-3-12)23-11-6-14(19)17-7-9-18(10-8-17)15(20)16(21)22/h2-5H,6-11H2,1H3,(H,21,22). The molecule has 0 atom stereocenters. The largest absolute Gasteiger partial charge is 0.493 e.